The van der Waals surface area contributed by atoms with Crippen LogP contribution in [-0.4, -0.2) is 166 Å². The van der Waals surface area contributed by atoms with Crippen LogP contribution in [0.2, 0.25) is 0 Å². The molecule has 0 unspecified atom stereocenters. The van der Waals surface area contributed by atoms with Crippen LogP contribution in [0, 0.1) is 0 Å². The van der Waals surface area contributed by atoms with Crippen LogP contribution in [-0.2, 0) is 23.9 Å². The number of imide groups is 1. The van der Waals surface area contributed by atoms with Crippen molar-refractivity contribution in [3.8, 4) is 0 Å². The van der Waals surface area contributed by atoms with Crippen LogP contribution in [0.15, 0.2) is 0 Å². The van der Waals surface area contributed by atoms with E-state index < -0.39 is 96.7 Å². The Hall–Kier alpha value is -1.13. The van der Waals surface area contributed by atoms with Gasteiger partial charge in [0, 0.05) is 24.3 Å². The van der Waals surface area contributed by atoms with Gasteiger partial charge in [-0.15, -0.1) is 23.5 Å². The lowest BCUT2D eigenvalue weighted by Crippen LogP contribution is -2.57. The topological polar surface area (TPSA) is 281 Å². The molecule has 2 fully saturated rings. The number of ether oxygens (including phenoxy) is 2. The van der Waals surface area contributed by atoms with Crippen molar-refractivity contribution in [2.45, 2.75) is 97.8 Å². The number of carboxylic acids is 1. The van der Waals surface area contributed by atoms with E-state index in [0.29, 0.717) is 17.7 Å². The second kappa shape index (κ2) is 18.0. The summed E-state index contributed by atoms with van der Waals surface area (Å²) in [4.78, 5) is 39.2. The Morgan fingerprint density at radius 1 is 0.714 bits per heavy atom. The van der Waals surface area contributed by atoms with E-state index in [1.54, 1.807) is 0 Å². The molecule has 0 aromatic rings. The Bertz CT molecular complexity index is 817. The molecule has 0 aliphatic carbocycles. The normalized spacial score (nSPS) is 34.1. The van der Waals surface area contributed by atoms with Gasteiger partial charge in [-0.3, -0.25) is 14.5 Å². The molecule has 16 nitrogen and oxygen atoms in total. The number of rotatable bonds is 16. The summed E-state index contributed by atoms with van der Waals surface area (Å²) in [5.41, 5.74) is 3.26. The second-order valence-corrected chi connectivity index (χ2v) is 12.3. The largest absolute Gasteiger partial charge is 0.480 e. The van der Waals surface area contributed by atoms with E-state index in [-0.39, 0.29) is 37.3 Å². The first-order valence-electron chi connectivity index (χ1n) is 13.5. The van der Waals surface area contributed by atoms with E-state index in [4.69, 9.17) is 15.2 Å². The highest BCUT2D eigenvalue weighted by atomic mass is 32.2. The number of thioether (sulfide) groups is 2. The predicted octanol–water partition coefficient (Wildman–Crippen LogP) is -4.23. The zero-order chi connectivity index (χ0) is 31.6. The summed E-state index contributed by atoms with van der Waals surface area (Å²) in [6, 6.07) is -1.49. The zero-order valence-electron chi connectivity index (χ0n) is 22.8. The first-order valence-corrected chi connectivity index (χ1v) is 15.6. The molecule has 2 amide bonds. The maximum Gasteiger partial charge on any atom is 0.326 e. The van der Waals surface area contributed by atoms with Crippen LogP contribution in [0.4, 0.5) is 0 Å². The van der Waals surface area contributed by atoms with Crippen molar-refractivity contribution in [3.63, 3.8) is 0 Å². The molecule has 11 atom stereocenters. The first-order chi connectivity index (χ1) is 19.9. The molecule has 18 heteroatoms. The fourth-order valence-electron chi connectivity index (χ4n) is 4.51. The van der Waals surface area contributed by atoms with Gasteiger partial charge < -0.3 is 61.2 Å². The Morgan fingerprint density at radius 2 is 1.14 bits per heavy atom. The summed E-state index contributed by atoms with van der Waals surface area (Å²) in [5.74, 6) is -3.19. The van der Waals surface area contributed by atoms with Crippen molar-refractivity contribution in [2.75, 3.05) is 31.3 Å². The van der Waals surface area contributed by atoms with Crippen LogP contribution in [0.25, 0.3) is 0 Å². The number of aliphatic hydroxyl groups excluding tert-OH is 8. The molecular formula is C24H42N2O14S2. The molecule has 2 saturated heterocycles. The Kier molecular flexibility index (Phi) is 15.9. The molecule has 2 aliphatic rings. The molecule has 42 heavy (non-hydrogen) atoms. The molecule has 0 radical (unpaired) electrons. The zero-order valence-corrected chi connectivity index (χ0v) is 24.5. The van der Waals surface area contributed by atoms with Gasteiger partial charge in [0.2, 0.25) is 11.8 Å². The number of aliphatic carboxylic acids is 1. The monoisotopic (exact) mass is 646 g/mol. The molecule has 2 rings (SSSR count). The number of nitrogens with zero attached hydrogens (tertiary/aromatic N) is 1. The van der Waals surface area contributed by atoms with Gasteiger partial charge in [-0.2, -0.15) is 0 Å². The molecule has 2 aliphatic heterocycles. The smallest absolute Gasteiger partial charge is 0.326 e. The quantitative estimate of drug-likeness (QED) is 0.0711. The van der Waals surface area contributed by atoms with Gasteiger partial charge in [-0.05, 0) is 25.8 Å². The number of amides is 2. The minimum absolute atomic E-state index is 0.0519. The van der Waals surface area contributed by atoms with E-state index in [1.807, 2.05) is 0 Å². The van der Waals surface area contributed by atoms with Crippen molar-refractivity contribution in [3.05, 3.63) is 0 Å². The number of hydrogen-bond acceptors (Lipinski definition) is 16. The number of carbonyl (C=O) groups excluding carboxylic acids is 2. The van der Waals surface area contributed by atoms with Crippen molar-refractivity contribution >= 4 is 41.3 Å². The summed E-state index contributed by atoms with van der Waals surface area (Å²) in [6.07, 6.45) is -11.7. The number of aliphatic hydroxyl groups is 8. The minimum atomic E-state index is -1.61. The van der Waals surface area contributed by atoms with Gasteiger partial charge in [0.1, 0.15) is 65.7 Å². The van der Waals surface area contributed by atoms with Gasteiger partial charge in [0.05, 0.1) is 13.2 Å². The molecule has 0 aromatic carbocycles. The van der Waals surface area contributed by atoms with Gasteiger partial charge in [-0.25, -0.2) is 4.79 Å². The molecular weight excluding hydrogens is 604 g/mol. The fraction of sp³-hybridized carbons (Fsp3) is 0.875. The number of carbonyl (C=O) groups is 3. The van der Waals surface area contributed by atoms with Gasteiger partial charge in [0.25, 0.3) is 0 Å². The van der Waals surface area contributed by atoms with Crippen molar-refractivity contribution in [1.82, 2.24) is 4.90 Å². The van der Waals surface area contributed by atoms with E-state index >= 15 is 0 Å². The predicted molar refractivity (Wildman–Crippen MR) is 148 cm³/mol. The maximum atomic E-state index is 13.2. The van der Waals surface area contributed by atoms with Crippen LogP contribution in [0.3, 0.4) is 0 Å². The average Bonchev–Trinajstić information content (AvgIpc) is 2.96. The van der Waals surface area contributed by atoms with Crippen LogP contribution in [0.1, 0.15) is 32.1 Å². The lowest BCUT2D eigenvalue weighted by atomic mass is 10.0. The summed E-state index contributed by atoms with van der Waals surface area (Å²) < 4.78 is 10.8. The van der Waals surface area contributed by atoms with E-state index in [9.17, 15) is 60.3 Å². The highest BCUT2D eigenvalue weighted by molar-refractivity contribution is 8.00. The first kappa shape index (κ1) is 37.1. The van der Waals surface area contributed by atoms with Crippen LogP contribution in [0.5, 0.6) is 0 Å². The fourth-order valence-corrected chi connectivity index (χ4v) is 6.72. The van der Waals surface area contributed by atoms with Gasteiger partial charge >= 0.3 is 5.97 Å². The van der Waals surface area contributed by atoms with Crippen molar-refractivity contribution in [1.29, 1.82) is 0 Å². The third kappa shape index (κ3) is 9.68. The summed E-state index contributed by atoms with van der Waals surface area (Å²) in [6.45, 7) is -0.986. The van der Waals surface area contributed by atoms with Gasteiger partial charge in [0.15, 0.2) is 0 Å². The van der Waals surface area contributed by atoms with Crippen LogP contribution >= 0.6 is 23.5 Å². The third-order valence-electron chi connectivity index (χ3n) is 6.96. The molecule has 2 heterocycles. The Balaban J connectivity index is 2.07. The molecule has 0 aromatic heterocycles. The summed E-state index contributed by atoms with van der Waals surface area (Å²) >= 11 is 1.76. The molecule has 11 N–H and O–H groups in total. The van der Waals surface area contributed by atoms with E-state index in [2.05, 4.69) is 0 Å². The summed E-state index contributed by atoms with van der Waals surface area (Å²) in [7, 11) is 0. The number of nitrogens with two attached hydrogens (primary N) is 1. The molecule has 0 bridgehead atoms. The van der Waals surface area contributed by atoms with Gasteiger partial charge in [-0.1, -0.05) is 0 Å². The molecule has 0 spiro atoms. The average molecular weight is 647 g/mol. The summed E-state index contributed by atoms with van der Waals surface area (Å²) in [5, 5.41) is 88.7. The highest BCUT2D eigenvalue weighted by Gasteiger charge is 2.45. The van der Waals surface area contributed by atoms with Crippen molar-refractivity contribution < 1.29 is 69.8 Å². The second-order valence-electron chi connectivity index (χ2n) is 9.93. The Labute approximate surface area is 250 Å². The van der Waals surface area contributed by atoms with Crippen LogP contribution < -0.4 is 5.73 Å². The third-order valence-corrected chi connectivity index (χ3v) is 9.28. The lowest BCUT2D eigenvalue weighted by molar-refractivity contribution is -0.205. The maximum absolute atomic E-state index is 13.2. The number of hydrogen-bond donors (Lipinski definition) is 10. The lowest BCUT2D eigenvalue weighted by Gasteiger charge is -2.39. The minimum Gasteiger partial charge on any atom is -0.480 e. The van der Waals surface area contributed by atoms with E-state index in [0.717, 1.165) is 23.5 Å². The molecule has 0 saturated carbocycles. The Morgan fingerprint density at radius 3 is 1.50 bits per heavy atom. The standard InChI is InChI=1S/C24H42N2O14S2/c25-6-2-1-3-11(22(37)38)26(14(29)4-7-41-23-20(35)18(33)16(31)12(9-27)39-23)15(30)5-8-42-24-21(36)19(34)17(32)13(10-28)40-24/h11-13,16-21,23-24,27-28,31-36H,1-10,25H2,(H,37,38)/t11-,12-,13-,16-,17-,18+,19+,20+,21+,23-,24-/m1/s1. The number of unbranched alkanes of at least 4 members (excludes halogenated alkanes) is 1. The molecule has 244 valence electrons. The number of carboxylic acid groups (broad SMARTS) is 1. The highest BCUT2D eigenvalue weighted by Crippen LogP contribution is 2.30. The van der Waals surface area contributed by atoms with E-state index in [1.165, 1.54) is 0 Å². The van der Waals surface area contributed by atoms with Crippen molar-refractivity contribution in [2.24, 2.45) is 5.73 Å². The SMILES string of the molecule is NCCCC[C@H](C(=O)O)N(C(=O)CCS[C@H]1O[C@H](CO)[C@@H](O)[C@H](O)[C@@H]1O)C(=O)CCS[C@H]1O[C@H](CO)[C@@H](O)[C@H](O)[C@@H]1O.